The van der Waals surface area contributed by atoms with Crippen LogP contribution in [0.4, 0.5) is 0 Å². The predicted octanol–water partition coefficient (Wildman–Crippen LogP) is 2.21. The Bertz CT molecular complexity index is 364. The van der Waals surface area contributed by atoms with Gasteiger partial charge in [-0.05, 0) is 18.1 Å². The van der Waals surface area contributed by atoms with Crippen molar-refractivity contribution in [3.05, 3.63) is 40.6 Å². The van der Waals surface area contributed by atoms with Gasteiger partial charge >= 0.3 is 0 Å². The zero-order valence-corrected chi connectivity index (χ0v) is 6.79. The molecule has 0 aromatic heterocycles. The Morgan fingerprint density at radius 1 is 1.42 bits per heavy atom. The fourth-order valence-electron chi connectivity index (χ4n) is 1.55. The van der Waals surface area contributed by atoms with Crippen LogP contribution in [-0.4, -0.2) is 5.11 Å². The lowest BCUT2D eigenvalue weighted by Gasteiger charge is -2.00. The lowest BCUT2D eigenvalue weighted by molar-refractivity contribution is 0.336. The van der Waals surface area contributed by atoms with Crippen molar-refractivity contribution < 1.29 is 10.2 Å². The number of allylic oxidation sites excluding steroid dienone is 1. The highest BCUT2D eigenvalue weighted by Gasteiger charge is 2.23. The Morgan fingerprint density at radius 2 is 2.17 bits per heavy atom. The van der Waals surface area contributed by atoms with Gasteiger partial charge in [0.1, 0.15) is 5.76 Å². The second-order valence-electron chi connectivity index (χ2n) is 3.05. The fourth-order valence-corrected chi connectivity index (χ4v) is 1.55. The summed E-state index contributed by atoms with van der Waals surface area (Å²) in [6, 6.07) is 5.54. The van der Waals surface area contributed by atoms with Crippen molar-refractivity contribution in [3.63, 3.8) is 0 Å². The smallest absolute Gasteiger partial charge is 0.223 e. The van der Waals surface area contributed by atoms with Gasteiger partial charge in [0.25, 0.3) is 0 Å². The van der Waals surface area contributed by atoms with Gasteiger partial charge in [0.05, 0.1) is 0 Å². The van der Waals surface area contributed by atoms with E-state index in [2.05, 4.69) is 0 Å². The van der Waals surface area contributed by atoms with E-state index in [9.17, 15) is 10.2 Å². The first-order valence-corrected chi connectivity index (χ1v) is 3.88. The van der Waals surface area contributed by atoms with Gasteiger partial charge in [0.15, 0.2) is 0 Å². The Hall–Kier alpha value is -1.44. The van der Waals surface area contributed by atoms with Crippen molar-refractivity contribution in [2.75, 3.05) is 0 Å². The highest BCUT2D eigenvalue weighted by atomic mass is 16.3. The van der Waals surface area contributed by atoms with Gasteiger partial charge in [-0.2, -0.15) is 0 Å². The van der Waals surface area contributed by atoms with Gasteiger partial charge in [-0.25, -0.2) is 0 Å². The Balaban J connectivity index is 2.64. The van der Waals surface area contributed by atoms with Gasteiger partial charge in [0.2, 0.25) is 5.76 Å². The van der Waals surface area contributed by atoms with E-state index >= 15 is 0 Å². The van der Waals surface area contributed by atoms with Gasteiger partial charge in [0, 0.05) is 12.0 Å². The van der Waals surface area contributed by atoms with E-state index in [0.29, 0.717) is 12.0 Å². The van der Waals surface area contributed by atoms with Gasteiger partial charge in [-0.3, -0.25) is 5.11 Å². The maximum Gasteiger partial charge on any atom is 0.223 e. The number of aliphatic hydroxyl groups excluding tert-OH is 1. The SMILES string of the molecule is Cc1cccc2c1CC(O)=C2[O]. The van der Waals surface area contributed by atoms with E-state index in [1.165, 1.54) is 0 Å². The van der Waals surface area contributed by atoms with Crippen molar-refractivity contribution in [3.8, 4) is 0 Å². The predicted molar refractivity (Wildman–Crippen MR) is 45.1 cm³/mol. The molecule has 0 atom stereocenters. The molecule has 1 aliphatic carbocycles. The van der Waals surface area contributed by atoms with Crippen molar-refractivity contribution in [1.29, 1.82) is 0 Å². The van der Waals surface area contributed by atoms with Gasteiger partial charge in [-0.1, -0.05) is 18.2 Å². The summed E-state index contributed by atoms with van der Waals surface area (Å²) in [5.74, 6) is -0.243. The molecule has 1 radical (unpaired) electrons. The zero-order chi connectivity index (χ0) is 8.72. The van der Waals surface area contributed by atoms with Crippen molar-refractivity contribution >= 4 is 5.76 Å². The summed E-state index contributed by atoms with van der Waals surface area (Å²) in [6.45, 7) is 1.95. The molecule has 0 bridgehead atoms. The average molecular weight is 161 g/mol. The zero-order valence-electron chi connectivity index (χ0n) is 6.79. The molecule has 61 valence electrons. The Kier molecular flexibility index (Phi) is 1.37. The van der Waals surface area contributed by atoms with E-state index in [4.69, 9.17) is 0 Å². The van der Waals surface area contributed by atoms with Crippen LogP contribution in [0.25, 0.3) is 5.76 Å². The summed E-state index contributed by atoms with van der Waals surface area (Å²) in [6.07, 6.45) is 0.404. The lowest BCUT2D eigenvalue weighted by atomic mass is 10.0. The number of aliphatic hydroxyl groups is 1. The van der Waals surface area contributed by atoms with Crippen LogP contribution in [0, 0.1) is 6.92 Å². The first-order valence-electron chi connectivity index (χ1n) is 3.88. The topological polar surface area (TPSA) is 40.1 Å². The number of hydrogen-bond acceptors (Lipinski definition) is 1. The molecule has 2 rings (SSSR count). The summed E-state index contributed by atoms with van der Waals surface area (Å²) in [5.41, 5.74) is 2.71. The molecule has 2 heteroatoms. The number of fused-ring (bicyclic) bond motifs is 1. The van der Waals surface area contributed by atoms with Crippen LogP contribution in [0.15, 0.2) is 24.0 Å². The normalized spacial score (nSPS) is 15.1. The number of benzene rings is 1. The third-order valence-electron chi connectivity index (χ3n) is 2.26. The van der Waals surface area contributed by atoms with Gasteiger partial charge in [-0.15, -0.1) is 0 Å². The molecule has 2 nitrogen and oxygen atoms in total. The third-order valence-corrected chi connectivity index (χ3v) is 2.26. The summed E-state index contributed by atoms with van der Waals surface area (Å²) in [5, 5.41) is 20.5. The van der Waals surface area contributed by atoms with Crippen molar-refractivity contribution in [2.24, 2.45) is 0 Å². The quantitative estimate of drug-likeness (QED) is 0.622. The minimum absolute atomic E-state index is 0.0284. The summed E-state index contributed by atoms with van der Waals surface area (Å²) in [7, 11) is 0. The molecular weight excluding hydrogens is 152 g/mol. The first-order chi connectivity index (χ1) is 5.70. The van der Waals surface area contributed by atoms with Crippen LogP contribution >= 0.6 is 0 Å². The second-order valence-corrected chi connectivity index (χ2v) is 3.05. The van der Waals surface area contributed by atoms with Crippen LogP contribution in [0.1, 0.15) is 16.7 Å². The fraction of sp³-hybridized carbons (Fsp3) is 0.200. The molecule has 0 spiro atoms. The second kappa shape index (κ2) is 2.27. The van der Waals surface area contributed by atoms with E-state index in [1.54, 1.807) is 6.07 Å². The molecule has 0 aliphatic heterocycles. The summed E-state index contributed by atoms with van der Waals surface area (Å²) in [4.78, 5) is 0. The minimum atomic E-state index is -0.214. The van der Waals surface area contributed by atoms with E-state index in [0.717, 1.165) is 11.1 Å². The Labute approximate surface area is 70.8 Å². The average Bonchev–Trinajstić information content (AvgIpc) is 2.32. The molecule has 0 saturated carbocycles. The summed E-state index contributed by atoms with van der Waals surface area (Å²) < 4.78 is 0. The molecule has 12 heavy (non-hydrogen) atoms. The lowest BCUT2D eigenvalue weighted by Crippen LogP contribution is -1.87. The largest absolute Gasteiger partial charge is 0.508 e. The molecule has 0 fully saturated rings. The molecule has 1 aromatic rings. The van der Waals surface area contributed by atoms with Crippen LogP contribution in [0.3, 0.4) is 0 Å². The molecule has 0 unspecified atom stereocenters. The minimum Gasteiger partial charge on any atom is -0.508 e. The van der Waals surface area contributed by atoms with E-state index < -0.39 is 0 Å². The van der Waals surface area contributed by atoms with Gasteiger partial charge < -0.3 is 5.11 Å². The summed E-state index contributed by atoms with van der Waals surface area (Å²) >= 11 is 0. The highest BCUT2D eigenvalue weighted by Crippen LogP contribution is 2.31. The monoisotopic (exact) mass is 161 g/mol. The third kappa shape index (κ3) is 0.811. The van der Waals surface area contributed by atoms with Crippen LogP contribution < -0.4 is 0 Å². The molecule has 1 aromatic carbocycles. The van der Waals surface area contributed by atoms with Crippen molar-refractivity contribution in [2.45, 2.75) is 13.3 Å². The molecule has 0 saturated heterocycles. The van der Waals surface area contributed by atoms with Crippen molar-refractivity contribution in [1.82, 2.24) is 0 Å². The number of rotatable bonds is 0. The first kappa shape index (κ1) is 7.22. The number of aryl methyl sites for hydroxylation is 1. The van der Waals surface area contributed by atoms with E-state index in [1.807, 2.05) is 19.1 Å². The molecule has 1 N–H and O–H groups in total. The van der Waals surface area contributed by atoms with Crippen LogP contribution in [-0.2, 0) is 11.5 Å². The van der Waals surface area contributed by atoms with Crippen LogP contribution in [0.2, 0.25) is 0 Å². The molecule has 0 amide bonds. The van der Waals surface area contributed by atoms with E-state index in [-0.39, 0.29) is 11.5 Å². The highest BCUT2D eigenvalue weighted by molar-refractivity contribution is 5.70. The molecular formula is C10H9O2. The molecule has 0 heterocycles. The standard InChI is InChI=1S/C10H9O2/c1-6-3-2-4-7-8(6)5-9(11)10(7)12/h2-4,11H,5H2,1H3. The van der Waals surface area contributed by atoms with Crippen LogP contribution in [0.5, 0.6) is 0 Å². The maximum absolute atomic E-state index is 11.3. The molecule has 1 aliphatic rings. The Morgan fingerprint density at radius 3 is 2.83 bits per heavy atom. The maximum atomic E-state index is 11.3. The number of hydrogen-bond donors (Lipinski definition) is 1.